The Hall–Kier alpha value is -4.23. The van der Waals surface area contributed by atoms with E-state index in [4.69, 9.17) is 0 Å². The molecule has 0 saturated carbocycles. The van der Waals surface area contributed by atoms with Crippen molar-refractivity contribution in [3.63, 3.8) is 0 Å². The molecule has 0 aliphatic carbocycles. The van der Waals surface area contributed by atoms with E-state index in [1.165, 1.54) is 31.7 Å². The number of hydrogen-bond donors (Lipinski definition) is 0. The van der Waals surface area contributed by atoms with Gasteiger partial charge < -0.3 is 10.2 Å². The summed E-state index contributed by atoms with van der Waals surface area (Å²) in [6.45, 7) is 0. The third kappa shape index (κ3) is 8.44. The molecule has 178 valence electrons. The zero-order valence-corrected chi connectivity index (χ0v) is 22.8. The van der Waals surface area contributed by atoms with E-state index in [-0.39, 0.29) is 11.5 Å². The fraction of sp³-hybridized carbons (Fsp3) is 0. The molecule has 0 unspecified atom stereocenters. The van der Waals surface area contributed by atoms with Gasteiger partial charge in [-0.2, -0.15) is 0 Å². The molecule has 0 aliphatic rings. The predicted octanol–water partition coefficient (Wildman–Crippen LogP) is 4.07. The predicted molar refractivity (Wildman–Crippen MR) is 148 cm³/mol. The Morgan fingerprint density at radius 2 is 0.892 bits per heavy atom. The summed E-state index contributed by atoms with van der Waals surface area (Å²) in [5.41, 5.74) is 1.91. The van der Waals surface area contributed by atoms with Crippen molar-refractivity contribution in [2.24, 2.45) is 9.98 Å². The van der Waals surface area contributed by atoms with Gasteiger partial charge in [0.25, 0.3) is 0 Å². The van der Waals surface area contributed by atoms with Crippen LogP contribution in [0.2, 0.25) is 0 Å². The molecule has 0 bridgehead atoms. The van der Waals surface area contributed by atoms with E-state index >= 15 is 0 Å². The zero-order valence-electron chi connectivity index (χ0n) is 19.9. The number of pyridine rings is 1. The molecule has 0 aliphatic heterocycles. The first-order valence-corrected chi connectivity index (χ1v) is 14.5. The van der Waals surface area contributed by atoms with Crippen molar-refractivity contribution < 1.29 is 10.2 Å². The van der Waals surface area contributed by atoms with E-state index in [9.17, 15) is 10.2 Å². The molecular weight excluding hydrogens is 565 g/mol. The van der Waals surface area contributed by atoms with Gasteiger partial charge in [0.05, 0.1) is 35.2 Å². The van der Waals surface area contributed by atoms with E-state index in [1.54, 1.807) is 48.5 Å². The summed E-state index contributed by atoms with van der Waals surface area (Å²) in [5, 5.41) is 23.2. The molecule has 0 amide bonds. The van der Waals surface area contributed by atoms with Crippen LogP contribution in [-0.4, -0.2) is 38.6 Å². The zero-order chi connectivity index (χ0) is 25.7. The number of nitrogens with zero attached hydrogens (tertiary/aromatic N) is 3. The average Bonchev–Trinajstić information content (AvgIpc) is 2.94. The summed E-state index contributed by atoms with van der Waals surface area (Å²) < 4.78 is 3.08. The SMILES string of the molecule is [O-]c1ccccc1N=Cc1cccc(C=Nc2ccccc2[O-])n1.c1cc[c]([Sn+2][c]2ccccc2)cc1. The first kappa shape index (κ1) is 25.8. The Morgan fingerprint density at radius 3 is 1.32 bits per heavy atom. The third-order valence-electron chi connectivity index (χ3n) is 5.03. The van der Waals surface area contributed by atoms with Crippen LogP contribution >= 0.6 is 0 Å². The van der Waals surface area contributed by atoms with Crippen molar-refractivity contribution in [3.8, 4) is 11.5 Å². The van der Waals surface area contributed by atoms with E-state index < -0.39 is 21.1 Å². The van der Waals surface area contributed by atoms with Crippen molar-refractivity contribution >= 4 is 52.1 Å². The Morgan fingerprint density at radius 1 is 0.486 bits per heavy atom. The van der Waals surface area contributed by atoms with Crippen LogP contribution in [0.25, 0.3) is 0 Å². The Balaban J connectivity index is 0.000000207. The number of para-hydroxylation sites is 4. The number of benzene rings is 4. The standard InChI is InChI=1S/C19H15N3O2.2C6H5.Sn/c23-18-10-3-1-8-16(18)20-12-14-6-5-7-15(22-14)13-21-17-9-2-4-11-19(17)24;2*1-2-4-6-5-3-1;/h1-13,23-24H;2*1-5H;/q;;;+2/p-2. The van der Waals surface area contributed by atoms with Gasteiger partial charge in [-0.3, -0.25) is 9.98 Å². The Kier molecular flexibility index (Phi) is 9.61. The van der Waals surface area contributed by atoms with Gasteiger partial charge in [-0.05, 0) is 24.3 Å². The Bertz CT molecular complexity index is 1360. The van der Waals surface area contributed by atoms with Gasteiger partial charge in [-0.15, -0.1) is 0 Å². The fourth-order valence-electron chi connectivity index (χ4n) is 3.22. The first-order valence-electron chi connectivity index (χ1n) is 11.6. The van der Waals surface area contributed by atoms with Crippen LogP contribution in [0.5, 0.6) is 11.5 Å². The normalized spacial score (nSPS) is 10.6. The molecule has 0 fully saturated rings. The van der Waals surface area contributed by atoms with Crippen LogP contribution in [-0.2, 0) is 0 Å². The van der Waals surface area contributed by atoms with Gasteiger partial charge in [0.1, 0.15) is 0 Å². The summed E-state index contributed by atoms with van der Waals surface area (Å²) in [4.78, 5) is 12.7. The van der Waals surface area contributed by atoms with Gasteiger partial charge in [0.15, 0.2) is 0 Å². The van der Waals surface area contributed by atoms with E-state index in [1.807, 2.05) is 6.07 Å². The summed E-state index contributed by atoms with van der Waals surface area (Å²) in [7, 11) is 0. The second-order valence-electron chi connectivity index (χ2n) is 7.80. The molecule has 6 heteroatoms. The number of hydrogen-bond acceptors (Lipinski definition) is 5. The first-order chi connectivity index (χ1) is 18.2. The van der Waals surface area contributed by atoms with Crippen LogP contribution in [0.1, 0.15) is 11.4 Å². The van der Waals surface area contributed by atoms with Crippen molar-refractivity contribution in [2.75, 3.05) is 0 Å². The topological polar surface area (TPSA) is 83.7 Å². The summed E-state index contributed by atoms with van der Waals surface area (Å²) in [5.74, 6) is -0.281. The molecule has 0 radical (unpaired) electrons. The van der Waals surface area contributed by atoms with Crippen molar-refractivity contribution in [1.82, 2.24) is 4.98 Å². The molecule has 37 heavy (non-hydrogen) atoms. The second kappa shape index (κ2) is 13.8. The number of aromatic nitrogens is 1. The van der Waals surface area contributed by atoms with Gasteiger partial charge >= 0.3 is 89.0 Å². The second-order valence-corrected chi connectivity index (χ2v) is 11.8. The molecule has 5 rings (SSSR count). The number of rotatable bonds is 6. The molecule has 5 aromatic rings. The molecular formula is C31H23N3O2Sn. The third-order valence-corrected chi connectivity index (χ3v) is 8.58. The monoisotopic (exact) mass is 589 g/mol. The van der Waals surface area contributed by atoms with Crippen molar-refractivity contribution in [1.29, 1.82) is 0 Å². The summed E-state index contributed by atoms with van der Waals surface area (Å²) in [6, 6.07) is 40.0. The summed E-state index contributed by atoms with van der Waals surface area (Å²) >= 11 is -0.517. The van der Waals surface area contributed by atoms with Gasteiger partial charge in [0.2, 0.25) is 0 Å². The minimum absolute atomic E-state index is 0.140. The van der Waals surface area contributed by atoms with Crippen LogP contribution < -0.4 is 17.4 Å². The van der Waals surface area contributed by atoms with Crippen LogP contribution in [0.3, 0.4) is 0 Å². The molecule has 5 nitrogen and oxygen atoms in total. The maximum atomic E-state index is 11.6. The van der Waals surface area contributed by atoms with Crippen LogP contribution in [0.4, 0.5) is 11.4 Å². The molecule has 0 saturated heterocycles. The Labute approximate surface area is 226 Å². The number of aliphatic imine (C=N–C) groups is 2. The quantitative estimate of drug-likeness (QED) is 0.222. The van der Waals surface area contributed by atoms with Gasteiger partial charge in [0, 0.05) is 0 Å². The minimum atomic E-state index is -0.517. The molecule has 1 heterocycles. The molecule has 0 N–H and O–H groups in total. The molecule has 0 spiro atoms. The van der Waals surface area contributed by atoms with E-state index in [0.29, 0.717) is 22.8 Å². The average molecular weight is 588 g/mol. The van der Waals surface area contributed by atoms with Crippen molar-refractivity contribution in [2.45, 2.75) is 0 Å². The molecule has 0 atom stereocenters. The van der Waals surface area contributed by atoms with Gasteiger partial charge in [-0.25, -0.2) is 4.98 Å². The molecule has 1 aromatic heterocycles. The van der Waals surface area contributed by atoms with E-state index in [0.717, 1.165) is 0 Å². The van der Waals surface area contributed by atoms with Crippen molar-refractivity contribution in [3.05, 3.63) is 139 Å². The van der Waals surface area contributed by atoms with Gasteiger partial charge in [-0.1, -0.05) is 54.0 Å². The van der Waals surface area contributed by atoms with Crippen LogP contribution in [0, 0.1) is 0 Å². The van der Waals surface area contributed by atoms with Crippen LogP contribution in [0.15, 0.2) is 137 Å². The fourth-order valence-corrected chi connectivity index (χ4v) is 6.22. The molecule has 4 aromatic carbocycles. The maximum absolute atomic E-state index is 11.6. The summed E-state index contributed by atoms with van der Waals surface area (Å²) in [6.07, 6.45) is 3.05. The van der Waals surface area contributed by atoms with E-state index in [2.05, 4.69) is 75.6 Å².